The first kappa shape index (κ1) is 17.3. The Balaban J connectivity index is 1.90. The molecule has 0 saturated carbocycles. The van der Waals surface area contributed by atoms with Gasteiger partial charge in [0.1, 0.15) is 17.7 Å². The topological polar surface area (TPSA) is 61.6 Å². The molecule has 2 aromatic heterocycles. The summed E-state index contributed by atoms with van der Waals surface area (Å²) in [5.74, 6) is 4.09. The molecule has 0 fully saturated rings. The smallest absolute Gasteiger partial charge is 0.149 e. The highest BCUT2D eigenvalue weighted by atomic mass is 127. The molecule has 120 valence electrons. The lowest BCUT2D eigenvalue weighted by Gasteiger charge is -2.08. The number of hydrogen-bond acceptors (Lipinski definition) is 5. The number of halogens is 1. The van der Waals surface area contributed by atoms with Crippen molar-refractivity contribution in [3.63, 3.8) is 0 Å². The summed E-state index contributed by atoms with van der Waals surface area (Å²) in [6.45, 7) is 0. The maximum Gasteiger partial charge on any atom is 0.149 e. The minimum atomic E-state index is 0.461. The number of anilines is 2. The van der Waals surface area contributed by atoms with Crippen LogP contribution in [0.2, 0.25) is 0 Å². The first-order valence-electron chi connectivity index (χ1n) is 7.27. The molecule has 0 aliphatic rings. The first-order valence-corrected chi connectivity index (χ1v) is 10.6. The second-order valence-electron chi connectivity index (χ2n) is 4.96. The first-order chi connectivity index (χ1) is 12.3. The molecule has 25 heavy (non-hydrogen) atoms. The Kier molecular flexibility index (Phi) is 5.89. The van der Waals surface area contributed by atoms with Gasteiger partial charge in [0, 0.05) is 44.7 Å². The molecule has 0 bridgehead atoms. The Morgan fingerprint density at radius 1 is 1.04 bits per heavy atom. The van der Waals surface area contributed by atoms with E-state index in [4.69, 9.17) is 0 Å². The molecule has 0 spiro atoms. The van der Waals surface area contributed by atoms with E-state index in [1.807, 2.05) is 48.5 Å². The van der Waals surface area contributed by atoms with E-state index in [2.05, 4.69) is 53.7 Å². The third-order valence-corrected chi connectivity index (χ3v) is 4.20. The monoisotopic (exact) mass is 454 g/mol. The number of nitrogens with zero attached hydrogens (tertiary/aromatic N) is 3. The average Bonchev–Trinajstić information content (AvgIpc) is 2.67. The Bertz CT molecular complexity index is 988. The molecule has 0 unspecified atom stereocenters. The summed E-state index contributed by atoms with van der Waals surface area (Å²) in [6.07, 6.45) is 3.42. The molecule has 3 rings (SSSR count). The van der Waals surface area contributed by atoms with Crippen molar-refractivity contribution in [3.05, 3.63) is 72.1 Å². The SMILES string of the molecule is N#Cc1cc(-c2ccccc2)cnc1Nc1cc(C#CSI)ccn1. The van der Waals surface area contributed by atoms with Crippen LogP contribution in [0.1, 0.15) is 11.1 Å². The number of nitriles is 1. The van der Waals surface area contributed by atoms with E-state index in [1.165, 1.54) is 8.93 Å². The predicted octanol–water partition coefficient (Wildman–Crippen LogP) is 5.15. The zero-order valence-electron chi connectivity index (χ0n) is 12.9. The number of benzene rings is 1. The van der Waals surface area contributed by atoms with Crippen molar-refractivity contribution >= 4 is 41.8 Å². The van der Waals surface area contributed by atoms with Crippen molar-refractivity contribution in [2.45, 2.75) is 0 Å². The zero-order valence-corrected chi connectivity index (χ0v) is 15.9. The van der Waals surface area contributed by atoms with Gasteiger partial charge in [-0.05, 0) is 37.9 Å². The highest BCUT2D eigenvalue weighted by Crippen LogP contribution is 2.24. The molecule has 1 aromatic carbocycles. The number of nitrogens with one attached hydrogen (secondary N) is 1. The van der Waals surface area contributed by atoms with Crippen molar-refractivity contribution in [1.29, 1.82) is 5.26 Å². The van der Waals surface area contributed by atoms with E-state index in [0.717, 1.165) is 16.7 Å². The molecule has 0 aliphatic heterocycles. The number of hydrogen-bond donors (Lipinski definition) is 1. The maximum absolute atomic E-state index is 9.46. The molecule has 6 heteroatoms. The quantitative estimate of drug-likeness (QED) is 0.438. The molecule has 0 amide bonds. The van der Waals surface area contributed by atoms with Crippen LogP contribution in [0.15, 0.2) is 60.9 Å². The highest BCUT2D eigenvalue weighted by Gasteiger charge is 2.08. The van der Waals surface area contributed by atoms with Crippen molar-refractivity contribution in [2.75, 3.05) is 5.32 Å². The van der Waals surface area contributed by atoms with Crippen LogP contribution in [-0.4, -0.2) is 9.97 Å². The third-order valence-electron chi connectivity index (χ3n) is 3.36. The van der Waals surface area contributed by atoms with E-state index in [-0.39, 0.29) is 0 Å². The largest absolute Gasteiger partial charge is 0.324 e. The van der Waals surface area contributed by atoms with Crippen molar-refractivity contribution in [1.82, 2.24) is 9.97 Å². The van der Waals surface area contributed by atoms with E-state index in [0.29, 0.717) is 17.2 Å². The fourth-order valence-electron chi connectivity index (χ4n) is 2.21. The van der Waals surface area contributed by atoms with E-state index >= 15 is 0 Å². The van der Waals surface area contributed by atoms with Crippen LogP contribution in [0.4, 0.5) is 11.6 Å². The number of aromatic nitrogens is 2. The summed E-state index contributed by atoms with van der Waals surface area (Å²) in [5.41, 5.74) is 3.22. The Labute approximate surface area is 162 Å². The molecule has 0 aliphatic carbocycles. The van der Waals surface area contributed by atoms with Crippen LogP contribution in [0.5, 0.6) is 0 Å². The standard InChI is InChI=1S/C19H11IN4S/c20-25-9-7-14-6-8-22-18(10-14)24-19-16(12-21)11-17(13-23-19)15-4-2-1-3-5-15/h1-6,8,10-11,13H,(H,22,23,24). The fourth-order valence-corrected chi connectivity index (χ4v) is 2.70. The number of pyridine rings is 2. The van der Waals surface area contributed by atoms with Gasteiger partial charge in [0.05, 0.1) is 5.56 Å². The summed E-state index contributed by atoms with van der Waals surface area (Å²) in [5, 5.41) is 15.5. The van der Waals surface area contributed by atoms with Crippen LogP contribution >= 0.6 is 30.1 Å². The van der Waals surface area contributed by atoms with E-state index in [9.17, 15) is 5.26 Å². The van der Waals surface area contributed by atoms with Gasteiger partial charge in [-0.25, -0.2) is 9.97 Å². The van der Waals surface area contributed by atoms with Crippen LogP contribution in [-0.2, 0) is 0 Å². The second kappa shape index (κ2) is 8.52. The lowest BCUT2D eigenvalue weighted by Crippen LogP contribution is -1.99. The Morgan fingerprint density at radius 2 is 1.88 bits per heavy atom. The summed E-state index contributed by atoms with van der Waals surface area (Å²) < 4.78 is 0. The summed E-state index contributed by atoms with van der Waals surface area (Å²) in [6, 6.07) is 17.5. The van der Waals surface area contributed by atoms with Gasteiger partial charge in [-0.15, -0.1) is 0 Å². The van der Waals surface area contributed by atoms with Crippen molar-refractivity contribution in [2.24, 2.45) is 0 Å². The highest BCUT2D eigenvalue weighted by molar-refractivity contribution is 14.2. The minimum absolute atomic E-state index is 0.461. The normalized spacial score (nSPS) is 9.60. The third kappa shape index (κ3) is 4.50. The molecule has 4 nitrogen and oxygen atoms in total. The zero-order chi connectivity index (χ0) is 17.5. The van der Waals surface area contributed by atoms with Gasteiger partial charge in [0.15, 0.2) is 0 Å². The van der Waals surface area contributed by atoms with Gasteiger partial charge in [0.25, 0.3) is 0 Å². The van der Waals surface area contributed by atoms with Gasteiger partial charge in [-0.2, -0.15) is 5.26 Å². The van der Waals surface area contributed by atoms with Crippen LogP contribution in [0.25, 0.3) is 11.1 Å². The lowest BCUT2D eigenvalue weighted by molar-refractivity contribution is 1.24. The molecular weight excluding hydrogens is 443 g/mol. The Morgan fingerprint density at radius 3 is 2.64 bits per heavy atom. The summed E-state index contributed by atoms with van der Waals surface area (Å²) >= 11 is 2.12. The van der Waals surface area contributed by atoms with Gasteiger partial charge in [-0.1, -0.05) is 36.3 Å². The lowest BCUT2D eigenvalue weighted by atomic mass is 10.1. The van der Waals surface area contributed by atoms with E-state index < -0.39 is 0 Å². The molecule has 0 atom stereocenters. The minimum Gasteiger partial charge on any atom is -0.324 e. The molecule has 3 aromatic rings. The van der Waals surface area contributed by atoms with Gasteiger partial charge < -0.3 is 5.32 Å². The van der Waals surface area contributed by atoms with Crippen LogP contribution < -0.4 is 5.32 Å². The van der Waals surface area contributed by atoms with Gasteiger partial charge >= 0.3 is 0 Å². The molecule has 0 radical (unpaired) electrons. The number of rotatable bonds is 3. The summed E-state index contributed by atoms with van der Waals surface area (Å²) in [7, 11) is 1.42. The Hall–Kier alpha value is -2.55. The van der Waals surface area contributed by atoms with Crippen LogP contribution in [0.3, 0.4) is 0 Å². The van der Waals surface area contributed by atoms with Crippen LogP contribution in [0, 0.1) is 22.5 Å². The summed E-state index contributed by atoms with van der Waals surface area (Å²) in [4.78, 5) is 8.66. The molecule has 2 heterocycles. The maximum atomic E-state index is 9.46. The van der Waals surface area contributed by atoms with Gasteiger partial charge in [0.2, 0.25) is 0 Å². The van der Waals surface area contributed by atoms with Crippen molar-refractivity contribution in [3.8, 4) is 28.4 Å². The fraction of sp³-hybridized carbons (Fsp3) is 0. The van der Waals surface area contributed by atoms with Gasteiger partial charge in [-0.3, -0.25) is 0 Å². The second-order valence-corrected chi connectivity index (χ2v) is 6.64. The molecule has 1 N–H and O–H groups in total. The predicted molar refractivity (Wildman–Crippen MR) is 110 cm³/mol. The average molecular weight is 454 g/mol. The molecule has 0 saturated heterocycles. The van der Waals surface area contributed by atoms with Crippen molar-refractivity contribution < 1.29 is 0 Å². The van der Waals surface area contributed by atoms with E-state index in [1.54, 1.807) is 12.4 Å². The molecular formula is C19H11IN4S.